The van der Waals surface area contributed by atoms with Gasteiger partial charge in [0.25, 0.3) is 5.91 Å². The molecule has 0 aliphatic carbocycles. The fourth-order valence-corrected chi connectivity index (χ4v) is 2.05. The molecule has 2 aromatic rings. The minimum atomic E-state index is -0.188. The lowest BCUT2D eigenvalue weighted by Crippen LogP contribution is -2.31. The Morgan fingerprint density at radius 1 is 1.05 bits per heavy atom. The largest absolute Gasteiger partial charge is 0.484 e. The molecule has 0 saturated carbocycles. The normalized spacial score (nSPS) is 11.8. The van der Waals surface area contributed by atoms with Crippen LogP contribution in [0, 0.1) is 0 Å². The van der Waals surface area contributed by atoms with Gasteiger partial charge in [0.15, 0.2) is 6.61 Å². The zero-order valence-corrected chi connectivity index (χ0v) is 13.0. The Balaban J connectivity index is 1.83. The monoisotopic (exact) mass is 323 g/mol. The van der Waals surface area contributed by atoms with Crippen LogP contribution in [-0.4, -0.2) is 12.5 Å². The SMILES string of the molecule is CC(NC(=O)COc1ccc(Cl)cc1)c1ccc(Cl)cc1. The van der Waals surface area contributed by atoms with Gasteiger partial charge in [-0.3, -0.25) is 4.79 Å². The van der Waals surface area contributed by atoms with Crippen molar-refractivity contribution in [1.82, 2.24) is 5.32 Å². The number of amides is 1. The van der Waals surface area contributed by atoms with E-state index in [-0.39, 0.29) is 18.6 Å². The van der Waals surface area contributed by atoms with Crippen LogP contribution in [0.5, 0.6) is 5.75 Å². The van der Waals surface area contributed by atoms with E-state index in [0.29, 0.717) is 15.8 Å². The molecule has 0 radical (unpaired) electrons. The number of benzene rings is 2. The number of hydrogen-bond donors (Lipinski definition) is 1. The first-order valence-corrected chi connectivity index (χ1v) is 7.23. The van der Waals surface area contributed by atoms with Gasteiger partial charge in [-0.05, 0) is 48.9 Å². The summed E-state index contributed by atoms with van der Waals surface area (Å²) in [6.07, 6.45) is 0. The van der Waals surface area contributed by atoms with Gasteiger partial charge in [-0.25, -0.2) is 0 Å². The quantitative estimate of drug-likeness (QED) is 0.893. The third kappa shape index (κ3) is 4.96. The Labute approximate surface area is 133 Å². The highest BCUT2D eigenvalue weighted by Gasteiger charge is 2.10. The highest BCUT2D eigenvalue weighted by molar-refractivity contribution is 6.30. The second-order valence-corrected chi connectivity index (χ2v) is 5.46. The lowest BCUT2D eigenvalue weighted by molar-refractivity contribution is -0.123. The van der Waals surface area contributed by atoms with Crippen molar-refractivity contribution in [3.8, 4) is 5.75 Å². The number of nitrogens with one attached hydrogen (secondary N) is 1. The summed E-state index contributed by atoms with van der Waals surface area (Å²) in [4.78, 5) is 11.8. The van der Waals surface area contributed by atoms with Crippen molar-refractivity contribution in [2.24, 2.45) is 0 Å². The van der Waals surface area contributed by atoms with Crippen molar-refractivity contribution in [2.45, 2.75) is 13.0 Å². The van der Waals surface area contributed by atoms with Gasteiger partial charge in [-0.2, -0.15) is 0 Å². The molecular weight excluding hydrogens is 309 g/mol. The minimum absolute atomic E-state index is 0.0421. The summed E-state index contributed by atoms with van der Waals surface area (Å²) < 4.78 is 5.39. The van der Waals surface area contributed by atoms with Crippen molar-refractivity contribution in [2.75, 3.05) is 6.61 Å². The molecule has 21 heavy (non-hydrogen) atoms. The molecule has 1 amide bonds. The molecule has 1 unspecified atom stereocenters. The molecule has 0 aliphatic heterocycles. The molecule has 2 rings (SSSR count). The lowest BCUT2D eigenvalue weighted by atomic mass is 10.1. The zero-order chi connectivity index (χ0) is 15.2. The Kier molecular flexibility index (Phi) is 5.48. The molecule has 1 N–H and O–H groups in total. The summed E-state index contributed by atoms with van der Waals surface area (Å²) in [5.74, 6) is 0.418. The fourth-order valence-electron chi connectivity index (χ4n) is 1.80. The first-order chi connectivity index (χ1) is 10.0. The first kappa shape index (κ1) is 15.7. The third-order valence-electron chi connectivity index (χ3n) is 2.93. The van der Waals surface area contributed by atoms with Crippen LogP contribution < -0.4 is 10.1 Å². The van der Waals surface area contributed by atoms with Gasteiger partial charge >= 0.3 is 0 Å². The van der Waals surface area contributed by atoms with Gasteiger partial charge in [0.05, 0.1) is 6.04 Å². The van der Waals surface area contributed by atoms with Crippen molar-refractivity contribution >= 4 is 29.1 Å². The van der Waals surface area contributed by atoms with Crippen LogP contribution in [0.1, 0.15) is 18.5 Å². The van der Waals surface area contributed by atoms with Gasteiger partial charge < -0.3 is 10.1 Å². The molecule has 2 aromatic carbocycles. The van der Waals surface area contributed by atoms with Gasteiger partial charge in [0, 0.05) is 10.0 Å². The fraction of sp³-hybridized carbons (Fsp3) is 0.188. The maximum Gasteiger partial charge on any atom is 0.258 e. The van der Waals surface area contributed by atoms with Gasteiger partial charge in [-0.15, -0.1) is 0 Å². The van der Waals surface area contributed by atoms with Crippen molar-refractivity contribution in [3.05, 3.63) is 64.1 Å². The van der Waals surface area contributed by atoms with Gasteiger partial charge in [0.2, 0.25) is 0 Å². The topological polar surface area (TPSA) is 38.3 Å². The van der Waals surface area contributed by atoms with E-state index < -0.39 is 0 Å². The molecule has 0 fully saturated rings. The molecule has 3 nitrogen and oxygen atoms in total. The standard InChI is InChI=1S/C16H15Cl2NO2/c1-11(12-2-4-13(17)5-3-12)19-16(20)10-21-15-8-6-14(18)7-9-15/h2-9,11H,10H2,1H3,(H,19,20). The molecular formula is C16H15Cl2NO2. The van der Waals surface area contributed by atoms with Crippen LogP contribution in [-0.2, 0) is 4.79 Å². The van der Waals surface area contributed by atoms with Crippen LogP contribution in [0.2, 0.25) is 10.0 Å². The highest BCUT2D eigenvalue weighted by atomic mass is 35.5. The van der Waals surface area contributed by atoms with Gasteiger partial charge in [-0.1, -0.05) is 35.3 Å². The molecule has 0 bridgehead atoms. The van der Waals surface area contributed by atoms with Gasteiger partial charge in [0.1, 0.15) is 5.75 Å². The number of rotatable bonds is 5. The smallest absolute Gasteiger partial charge is 0.258 e. The molecule has 0 saturated heterocycles. The molecule has 1 atom stereocenters. The van der Waals surface area contributed by atoms with E-state index in [2.05, 4.69) is 5.32 Å². The average Bonchev–Trinajstić information content (AvgIpc) is 2.47. The lowest BCUT2D eigenvalue weighted by Gasteiger charge is -2.14. The number of halogens is 2. The van der Waals surface area contributed by atoms with Crippen LogP contribution in [0.3, 0.4) is 0 Å². The van der Waals surface area contributed by atoms with Crippen LogP contribution in [0.15, 0.2) is 48.5 Å². The van der Waals surface area contributed by atoms with E-state index in [1.54, 1.807) is 36.4 Å². The predicted molar refractivity (Wildman–Crippen MR) is 85.0 cm³/mol. The second kappa shape index (κ2) is 7.34. The Hall–Kier alpha value is -1.71. The maximum absolute atomic E-state index is 11.8. The zero-order valence-electron chi connectivity index (χ0n) is 11.5. The second-order valence-electron chi connectivity index (χ2n) is 4.58. The van der Waals surface area contributed by atoms with E-state index in [1.165, 1.54) is 0 Å². The Bertz CT molecular complexity index is 597. The molecule has 5 heteroatoms. The van der Waals surface area contributed by atoms with E-state index in [0.717, 1.165) is 5.56 Å². The van der Waals surface area contributed by atoms with Crippen LogP contribution in [0.4, 0.5) is 0 Å². The first-order valence-electron chi connectivity index (χ1n) is 6.48. The van der Waals surface area contributed by atoms with Crippen molar-refractivity contribution < 1.29 is 9.53 Å². The van der Waals surface area contributed by atoms with E-state index >= 15 is 0 Å². The Morgan fingerprint density at radius 3 is 2.14 bits per heavy atom. The summed E-state index contributed by atoms with van der Waals surface area (Å²) in [5, 5.41) is 4.16. The molecule has 110 valence electrons. The van der Waals surface area contributed by atoms with Crippen molar-refractivity contribution in [1.29, 1.82) is 0 Å². The van der Waals surface area contributed by atoms with Crippen LogP contribution in [0.25, 0.3) is 0 Å². The number of ether oxygens (including phenoxy) is 1. The molecule has 0 aromatic heterocycles. The van der Waals surface area contributed by atoms with E-state index in [4.69, 9.17) is 27.9 Å². The summed E-state index contributed by atoms with van der Waals surface area (Å²) in [5.41, 5.74) is 0.985. The summed E-state index contributed by atoms with van der Waals surface area (Å²) in [6.45, 7) is 1.86. The molecule has 0 heterocycles. The van der Waals surface area contributed by atoms with Crippen molar-refractivity contribution in [3.63, 3.8) is 0 Å². The Morgan fingerprint density at radius 2 is 1.57 bits per heavy atom. The molecule has 0 spiro atoms. The van der Waals surface area contributed by atoms with E-state index in [9.17, 15) is 4.79 Å². The molecule has 0 aliphatic rings. The summed E-state index contributed by atoms with van der Waals surface area (Å²) in [6, 6.07) is 14.1. The van der Waals surface area contributed by atoms with E-state index in [1.807, 2.05) is 19.1 Å². The average molecular weight is 324 g/mol. The maximum atomic E-state index is 11.8. The predicted octanol–water partition coefficient (Wildman–Crippen LogP) is 4.25. The number of carbonyl (C=O) groups excluding carboxylic acids is 1. The number of carbonyl (C=O) groups is 1. The summed E-state index contributed by atoms with van der Waals surface area (Å²) >= 11 is 11.6. The summed E-state index contributed by atoms with van der Waals surface area (Å²) in [7, 11) is 0. The minimum Gasteiger partial charge on any atom is -0.484 e. The number of hydrogen-bond acceptors (Lipinski definition) is 2. The van der Waals surface area contributed by atoms with Crippen LogP contribution >= 0.6 is 23.2 Å². The third-order valence-corrected chi connectivity index (χ3v) is 3.44. The highest BCUT2D eigenvalue weighted by Crippen LogP contribution is 2.17.